The van der Waals surface area contributed by atoms with E-state index in [0.29, 0.717) is 6.42 Å². The molecule has 0 saturated carbocycles. The number of unbranched alkanes of at least 4 members (excludes halogenated alkanes) is 3. The van der Waals surface area contributed by atoms with E-state index in [2.05, 4.69) is 0 Å². The van der Waals surface area contributed by atoms with Crippen molar-refractivity contribution >= 4 is 45.8 Å². The molecular weight excluding hydrogens is 378 g/mol. The number of hydrogen-bond acceptors (Lipinski definition) is 7. The van der Waals surface area contributed by atoms with Gasteiger partial charge < -0.3 is 11.5 Å². The summed E-state index contributed by atoms with van der Waals surface area (Å²) in [6, 6.07) is 1.78. The Morgan fingerprint density at radius 3 is 1.96 bits per heavy atom. The first-order chi connectivity index (χ1) is 12.2. The van der Waals surface area contributed by atoms with E-state index in [1.807, 2.05) is 6.92 Å². The van der Waals surface area contributed by atoms with Crippen LogP contribution in [0, 0.1) is 31.6 Å². The first-order valence-corrected chi connectivity index (χ1v) is 8.51. The normalized spacial score (nSPS) is 10.2. The fourth-order valence-corrected chi connectivity index (χ4v) is 3.12. The summed E-state index contributed by atoms with van der Waals surface area (Å²) in [7, 11) is 0. The molecule has 0 amide bonds. The minimum Gasteiger partial charge on any atom is -0.389 e. The third kappa shape index (κ3) is 4.27. The van der Waals surface area contributed by atoms with Crippen molar-refractivity contribution in [3.05, 3.63) is 42.5 Å². The minimum absolute atomic E-state index is 0.0183. The third-order valence-corrected chi connectivity index (χ3v) is 4.21. The fourth-order valence-electron chi connectivity index (χ4n) is 2.73. The van der Waals surface area contributed by atoms with Crippen molar-refractivity contribution in [2.45, 2.75) is 39.0 Å². The fraction of sp³-hybridized carbons (Fsp3) is 0.400. The van der Waals surface area contributed by atoms with E-state index in [0.717, 1.165) is 19.3 Å². The molecule has 0 aliphatic heterocycles. The second-order valence-electron chi connectivity index (χ2n) is 5.47. The summed E-state index contributed by atoms with van der Waals surface area (Å²) in [6.45, 7) is 2.00. The summed E-state index contributed by atoms with van der Waals surface area (Å²) in [4.78, 5) is 20.5. The van der Waals surface area contributed by atoms with Crippen molar-refractivity contribution in [1.29, 1.82) is 5.26 Å². The molecule has 0 radical (unpaired) electrons. The van der Waals surface area contributed by atoms with Crippen molar-refractivity contribution in [3.8, 4) is 6.07 Å². The standard InChI is InChI=1S/C15H17N5O4S2/c1-2-3-4-5-6-8-9(7-16)10(14(17)25)13(20(23)24)11(15(18)26)12(8)19(21)22/h2-6H2,1H3,(H2,17,25)(H2,18,26). The molecule has 0 saturated heterocycles. The van der Waals surface area contributed by atoms with E-state index >= 15 is 0 Å². The van der Waals surface area contributed by atoms with Crippen LogP contribution in [0.2, 0.25) is 0 Å². The van der Waals surface area contributed by atoms with Crippen LogP contribution in [0.4, 0.5) is 11.4 Å². The van der Waals surface area contributed by atoms with Gasteiger partial charge in [-0.15, -0.1) is 0 Å². The molecule has 0 atom stereocenters. The van der Waals surface area contributed by atoms with Gasteiger partial charge in [0.15, 0.2) is 5.56 Å². The lowest BCUT2D eigenvalue weighted by Crippen LogP contribution is -2.23. The van der Waals surface area contributed by atoms with Gasteiger partial charge in [-0.25, -0.2) is 0 Å². The summed E-state index contributed by atoms with van der Waals surface area (Å²) >= 11 is 9.68. The average Bonchev–Trinajstić information content (AvgIpc) is 2.55. The van der Waals surface area contributed by atoms with Gasteiger partial charge in [-0.05, 0) is 12.8 Å². The third-order valence-electron chi connectivity index (χ3n) is 3.80. The molecule has 4 N–H and O–H groups in total. The van der Waals surface area contributed by atoms with E-state index < -0.39 is 36.8 Å². The molecule has 0 unspecified atom stereocenters. The molecule has 26 heavy (non-hydrogen) atoms. The lowest BCUT2D eigenvalue weighted by atomic mass is 9.90. The lowest BCUT2D eigenvalue weighted by molar-refractivity contribution is -0.394. The van der Waals surface area contributed by atoms with Crippen LogP contribution in [0.15, 0.2) is 0 Å². The van der Waals surface area contributed by atoms with E-state index in [9.17, 15) is 25.5 Å². The number of nitro benzene ring substituents is 2. The Morgan fingerprint density at radius 2 is 1.58 bits per heavy atom. The summed E-state index contributed by atoms with van der Waals surface area (Å²) in [5.74, 6) is 0. The molecular formula is C15H17N5O4S2. The highest BCUT2D eigenvalue weighted by molar-refractivity contribution is 7.81. The predicted octanol–water partition coefficient (Wildman–Crippen LogP) is 2.77. The molecule has 0 aliphatic carbocycles. The number of rotatable bonds is 9. The molecule has 0 heterocycles. The first-order valence-electron chi connectivity index (χ1n) is 7.70. The molecule has 1 rings (SSSR count). The summed E-state index contributed by atoms with van der Waals surface area (Å²) in [5.41, 5.74) is 8.60. The van der Waals surface area contributed by atoms with Gasteiger partial charge in [0, 0.05) is 5.56 Å². The van der Waals surface area contributed by atoms with Crippen molar-refractivity contribution < 1.29 is 9.85 Å². The van der Waals surface area contributed by atoms with E-state index in [-0.39, 0.29) is 23.1 Å². The van der Waals surface area contributed by atoms with Crippen LogP contribution >= 0.6 is 24.4 Å². The Bertz CT molecular complexity index is 833. The second-order valence-corrected chi connectivity index (χ2v) is 6.35. The predicted molar refractivity (Wildman–Crippen MR) is 104 cm³/mol. The SMILES string of the molecule is CCCCCCc1c(C#N)c(C(N)=S)c([N+](=O)[O-])c(C(N)=S)c1[N+](=O)[O-]. The number of benzene rings is 1. The number of nitrogens with two attached hydrogens (primary N) is 2. The number of hydrogen-bond donors (Lipinski definition) is 2. The van der Waals surface area contributed by atoms with Crippen LogP contribution in [0.1, 0.15) is 54.9 Å². The van der Waals surface area contributed by atoms with Crippen molar-refractivity contribution in [2.24, 2.45) is 11.5 Å². The highest BCUT2D eigenvalue weighted by Gasteiger charge is 2.38. The first kappa shape index (κ1) is 21.3. The van der Waals surface area contributed by atoms with Gasteiger partial charge in [0.1, 0.15) is 21.6 Å². The molecule has 1 aromatic carbocycles. The van der Waals surface area contributed by atoms with E-state index in [1.165, 1.54) is 0 Å². The van der Waals surface area contributed by atoms with Gasteiger partial charge >= 0.3 is 0 Å². The summed E-state index contributed by atoms with van der Waals surface area (Å²) in [6.07, 6.45) is 3.34. The van der Waals surface area contributed by atoms with Gasteiger partial charge in [0.05, 0.1) is 15.4 Å². The van der Waals surface area contributed by atoms with Crippen LogP contribution in [0.25, 0.3) is 0 Å². The maximum absolute atomic E-state index is 11.7. The monoisotopic (exact) mass is 395 g/mol. The molecule has 11 heteroatoms. The van der Waals surface area contributed by atoms with Gasteiger partial charge in [-0.1, -0.05) is 50.6 Å². The lowest BCUT2D eigenvalue weighted by Gasteiger charge is -2.14. The Labute approximate surface area is 160 Å². The second kappa shape index (κ2) is 9.12. The maximum Gasteiger partial charge on any atom is 0.298 e. The minimum atomic E-state index is -0.905. The summed E-state index contributed by atoms with van der Waals surface area (Å²) < 4.78 is 0. The molecule has 0 spiro atoms. The van der Waals surface area contributed by atoms with Crippen molar-refractivity contribution in [1.82, 2.24) is 0 Å². The number of nitrogens with zero attached hydrogens (tertiary/aromatic N) is 3. The zero-order valence-corrected chi connectivity index (χ0v) is 15.6. The van der Waals surface area contributed by atoms with Gasteiger partial charge in [0.2, 0.25) is 0 Å². The molecule has 138 valence electrons. The molecule has 0 fully saturated rings. The molecule has 0 bridgehead atoms. The number of nitriles is 1. The largest absolute Gasteiger partial charge is 0.389 e. The highest BCUT2D eigenvalue weighted by Crippen LogP contribution is 2.39. The van der Waals surface area contributed by atoms with Crippen LogP contribution in [0.5, 0.6) is 0 Å². The molecule has 0 aromatic heterocycles. The van der Waals surface area contributed by atoms with Gasteiger partial charge in [0.25, 0.3) is 11.4 Å². The molecule has 0 aliphatic rings. The topological polar surface area (TPSA) is 162 Å². The zero-order chi connectivity index (χ0) is 20.0. The van der Waals surface area contributed by atoms with Crippen molar-refractivity contribution in [2.75, 3.05) is 0 Å². The Balaban J connectivity index is 3.95. The average molecular weight is 395 g/mol. The Hall–Kier alpha value is -2.71. The zero-order valence-electron chi connectivity index (χ0n) is 14.0. The van der Waals surface area contributed by atoms with E-state index in [4.69, 9.17) is 35.9 Å². The van der Waals surface area contributed by atoms with Crippen molar-refractivity contribution in [3.63, 3.8) is 0 Å². The van der Waals surface area contributed by atoms with Crippen LogP contribution < -0.4 is 11.5 Å². The van der Waals surface area contributed by atoms with Crippen LogP contribution in [-0.2, 0) is 6.42 Å². The Kier molecular flexibility index (Phi) is 7.48. The highest BCUT2D eigenvalue weighted by atomic mass is 32.1. The van der Waals surface area contributed by atoms with Crippen LogP contribution in [0.3, 0.4) is 0 Å². The Morgan fingerprint density at radius 1 is 1.04 bits per heavy atom. The smallest absolute Gasteiger partial charge is 0.298 e. The van der Waals surface area contributed by atoms with E-state index in [1.54, 1.807) is 6.07 Å². The number of nitro groups is 2. The maximum atomic E-state index is 11.7. The van der Waals surface area contributed by atoms with Gasteiger partial charge in [-0.2, -0.15) is 5.26 Å². The van der Waals surface area contributed by atoms with Crippen LogP contribution in [-0.4, -0.2) is 19.8 Å². The molecule has 1 aromatic rings. The van der Waals surface area contributed by atoms with Gasteiger partial charge in [-0.3, -0.25) is 20.2 Å². The number of thiocarbonyl (C=S) groups is 2. The summed E-state index contributed by atoms with van der Waals surface area (Å²) in [5, 5.41) is 32.7. The molecule has 9 nitrogen and oxygen atoms in total. The quantitative estimate of drug-likeness (QED) is 0.277.